The van der Waals surface area contributed by atoms with Crippen molar-refractivity contribution in [1.82, 2.24) is 30.4 Å². The molecule has 1 saturated heterocycles. The summed E-state index contributed by atoms with van der Waals surface area (Å²) in [5.74, 6) is -1.56. The standard InChI is InChI=1S/C21H20F5N7O/c22-13-4-14(7-28-6-13)31-20(34)18-19(27)29-8-17(32-18)15-3-11(1-2-16(15)23)12-5-30-33(9-12)10-21(24,25)26/h1-3,5,8-9,13-14,28H,4,6-7,10H2,(H2,27,29)(H,31,34)/t13-,14-/m0/s1. The van der Waals surface area contributed by atoms with Gasteiger partial charge in [-0.2, -0.15) is 18.3 Å². The van der Waals surface area contributed by atoms with Gasteiger partial charge in [0.2, 0.25) is 0 Å². The molecule has 180 valence electrons. The Morgan fingerprint density at radius 1 is 1.24 bits per heavy atom. The van der Waals surface area contributed by atoms with Gasteiger partial charge in [-0.15, -0.1) is 0 Å². The average Bonchev–Trinajstić information content (AvgIpc) is 3.21. The number of aromatic nitrogens is 4. The van der Waals surface area contributed by atoms with Crippen LogP contribution in [0.2, 0.25) is 0 Å². The van der Waals surface area contributed by atoms with Crippen LogP contribution < -0.4 is 16.4 Å². The number of hydrogen-bond acceptors (Lipinski definition) is 6. The van der Waals surface area contributed by atoms with E-state index in [0.717, 1.165) is 10.7 Å². The summed E-state index contributed by atoms with van der Waals surface area (Å²) in [6.07, 6.45) is -1.81. The molecule has 1 aromatic carbocycles. The van der Waals surface area contributed by atoms with Gasteiger partial charge in [-0.1, -0.05) is 6.07 Å². The lowest BCUT2D eigenvalue weighted by molar-refractivity contribution is -0.142. The van der Waals surface area contributed by atoms with Gasteiger partial charge in [-0.05, 0) is 17.7 Å². The van der Waals surface area contributed by atoms with Gasteiger partial charge in [0.1, 0.15) is 18.5 Å². The van der Waals surface area contributed by atoms with E-state index in [1.54, 1.807) is 0 Å². The molecular formula is C21H20F5N7O. The number of alkyl halides is 4. The highest BCUT2D eigenvalue weighted by Gasteiger charge is 2.28. The van der Waals surface area contributed by atoms with Crippen LogP contribution in [0.15, 0.2) is 36.8 Å². The summed E-state index contributed by atoms with van der Waals surface area (Å²) in [4.78, 5) is 20.8. The van der Waals surface area contributed by atoms with Crippen molar-refractivity contribution in [2.75, 3.05) is 18.8 Å². The molecule has 0 spiro atoms. The van der Waals surface area contributed by atoms with Crippen molar-refractivity contribution < 1.29 is 26.7 Å². The summed E-state index contributed by atoms with van der Waals surface area (Å²) in [7, 11) is 0. The normalized spacial score (nSPS) is 18.6. The molecule has 1 aliphatic rings. The molecule has 4 N–H and O–H groups in total. The lowest BCUT2D eigenvalue weighted by atomic mass is 10.0. The molecule has 4 rings (SSSR count). The number of anilines is 1. The molecule has 1 aliphatic heterocycles. The Kier molecular flexibility index (Phi) is 6.46. The minimum absolute atomic E-state index is 0.00785. The Morgan fingerprint density at radius 3 is 2.76 bits per heavy atom. The van der Waals surface area contributed by atoms with Gasteiger partial charge >= 0.3 is 6.18 Å². The predicted octanol–water partition coefficient (Wildman–Crippen LogP) is 2.72. The molecule has 1 amide bonds. The molecule has 1 fully saturated rings. The molecule has 0 aliphatic carbocycles. The van der Waals surface area contributed by atoms with E-state index >= 15 is 0 Å². The zero-order chi connectivity index (χ0) is 24.5. The molecule has 8 nitrogen and oxygen atoms in total. The average molecular weight is 481 g/mol. The molecule has 0 bridgehead atoms. The molecule has 3 heterocycles. The Hall–Kier alpha value is -3.61. The van der Waals surface area contributed by atoms with Gasteiger partial charge in [0.25, 0.3) is 5.91 Å². The first-order chi connectivity index (χ1) is 16.1. The molecule has 0 unspecified atom stereocenters. The number of amides is 1. The number of nitrogens with one attached hydrogen (secondary N) is 2. The van der Waals surface area contributed by atoms with Crippen LogP contribution in [-0.2, 0) is 6.54 Å². The lowest BCUT2D eigenvalue weighted by Crippen LogP contribution is -2.49. The molecule has 2 aromatic heterocycles. The summed E-state index contributed by atoms with van der Waals surface area (Å²) in [6.45, 7) is -0.685. The smallest absolute Gasteiger partial charge is 0.382 e. The van der Waals surface area contributed by atoms with Crippen LogP contribution in [0.5, 0.6) is 0 Å². The van der Waals surface area contributed by atoms with Crippen LogP contribution in [0.3, 0.4) is 0 Å². The van der Waals surface area contributed by atoms with E-state index in [1.807, 2.05) is 0 Å². The highest BCUT2D eigenvalue weighted by molar-refractivity contribution is 5.97. The van der Waals surface area contributed by atoms with Crippen molar-refractivity contribution in [2.24, 2.45) is 0 Å². The summed E-state index contributed by atoms with van der Waals surface area (Å²) < 4.78 is 66.8. The van der Waals surface area contributed by atoms with Crippen LogP contribution in [0.4, 0.5) is 27.8 Å². The van der Waals surface area contributed by atoms with Crippen molar-refractivity contribution in [3.05, 3.63) is 48.3 Å². The lowest BCUT2D eigenvalue weighted by Gasteiger charge is -2.26. The largest absolute Gasteiger partial charge is 0.408 e. The number of piperidine rings is 1. The molecule has 13 heteroatoms. The number of nitrogens with two attached hydrogens (primary N) is 1. The van der Waals surface area contributed by atoms with Gasteiger partial charge in [0.05, 0.1) is 18.1 Å². The number of rotatable bonds is 5. The summed E-state index contributed by atoms with van der Waals surface area (Å²) >= 11 is 0. The SMILES string of the molecule is Nc1ncc(-c2cc(-c3cnn(CC(F)(F)F)c3)ccc2F)nc1C(=O)N[C@@H]1CNC[C@@H](F)C1. The van der Waals surface area contributed by atoms with Gasteiger partial charge in [-0.25, -0.2) is 18.7 Å². The second kappa shape index (κ2) is 9.33. The first kappa shape index (κ1) is 23.5. The van der Waals surface area contributed by atoms with Crippen molar-refractivity contribution in [1.29, 1.82) is 0 Å². The predicted molar refractivity (Wildman–Crippen MR) is 113 cm³/mol. The van der Waals surface area contributed by atoms with E-state index in [2.05, 4.69) is 25.7 Å². The van der Waals surface area contributed by atoms with Crippen molar-refractivity contribution >= 4 is 11.7 Å². The number of benzene rings is 1. The zero-order valence-electron chi connectivity index (χ0n) is 17.6. The van der Waals surface area contributed by atoms with Crippen molar-refractivity contribution in [2.45, 2.75) is 31.4 Å². The fourth-order valence-electron chi connectivity index (χ4n) is 3.63. The van der Waals surface area contributed by atoms with E-state index in [9.17, 15) is 26.7 Å². The van der Waals surface area contributed by atoms with Crippen LogP contribution in [-0.4, -0.2) is 57.1 Å². The molecule has 34 heavy (non-hydrogen) atoms. The Morgan fingerprint density at radius 2 is 2.03 bits per heavy atom. The highest BCUT2D eigenvalue weighted by atomic mass is 19.4. The number of halogens is 5. The monoisotopic (exact) mass is 481 g/mol. The fourth-order valence-corrected chi connectivity index (χ4v) is 3.63. The summed E-state index contributed by atoms with van der Waals surface area (Å²) in [5, 5.41) is 9.18. The van der Waals surface area contributed by atoms with Gasteiger partial charge in [0.15, 0.2) is 11.5 Å². The number of carbonyl (C=O) groups is 1. The number of carbonyl (C=O) groups excluding carboxylic acids is 1. The van der Waals surface area contributed by atoms with Crippen LogP contribution in [0.1, 0.15) is 16.9 Å². The van der Waals surface area contributed by atoms with Gasteiger partial charge in [0, 0.05) is 42.9 Å². The van der Waals surface area contributed by atoms with Crippen LogP contribution in [0, 0.1) is 5.82 Å². The maximum Gasteiger partial charge on any atom is 0.408 e. The van der Waals surface area contributed by atoms with Crippen LogP contribution in [0.25, 0.3) is 22.4 Å². The highest BCUT2D eigenvalue weighted by Crippen LogP contribution is 2.29. The second-order valence-electron chi connectivity index (χ2n) is 7.89. The van der Waals surface area contributed by atoms with Crippen molar-refractivity contribution in [3.8, 4) is 22.4 Å². The third-order valence-electron chi connectivity index (χ3n) is 5.20. The number of hydrogen-bond donors (Lipinski definition) is 3. The zero-order valence-corrected chi connectivity index (χ0v) is 17.6. The summed E-state index contributed by atoms with van der Waals surface area (Å²) in [5.41, 5.74) is 6.22. The third-order valence-corrected chi connectivity index (χ3v) is 5.20. The topological polar surface area (TPSA) is 111 Å². The third kappa shape index (κ3) is 5.47. The molecule has 3 aromatic rings. The van der Waals surface area contributed by atoms with Gasteiger partial charge in [-0.3, -0.25) is 9.48 Å². The van der Waals surface area contributed by atoms with E-state index in [4.69, 9.17) is 5.73 Å². The molecule has 0 radical (unpaired) electrons. The Bertz CT molecular complexity index is 1200. The molecule has 2 atom stereocenters. The van der Waals surface area contributed by atoms with E-state index < -0.39 is 36.7 Å². The van der Waals surface area contributed by atoms with E-state index in [-0.39, 0.29) is 35.7 Å². The molecular weight excluding hydrogens is 461 g/mol. The fraction of sp³-hybridized carbons (Fsp3) is 0.333. The second-order valence-corrected chi connectivity index (χ2v) is 7.89. The molecule has 0 saturated carbocycles. The number of nitrogens with zero attached hydrogens (tertiary/aromatic N) is 4. The minimum Gasteiger partial charge on any atom is -0.382 e. The maximum absolute atomic E-state index is 14.6. The van der Waals surface area contributed by atoms with E-state index in [0.29, 0.717) is 17.7 Å². The first-order valence-electron chi connectivity index (χ1n) is 10.3. The number of nitrogen functional groups attached to an aromatic ring is 1. The first-order valence-corrected chi connectivity index (χ1v) is 10.3. The van der Waals surface area contributed by atoms with Gasteiger partial charge < -0.3 is 16.4 Å². The Labute approximate surface area is 190 Å². The Balaban J connectivity index is 1.60. The van der Waals surface area contributed by atoms with E-state index in [1.165, 1.54) is 30.7 Å². The van der Waals surface area contributed by atoms with Crippen LogP contribution >= 0.6 is 0 Å². The maximum atomic E-state index is 14.6. The van der Waals surface area contributed by atoms with Crippen molar-refractivity contribution in [3.63, 3.8) is 0 Å². The quantitative estimate of drug-likeness (QED) is 0.484. The minimum atomic E-state index is -4.44. The summed E-state index contributed by atoms with van der Waals surface area (Å²) in [6, 6.07) is 3.40.